The lowest BCUT2D eigenvalue weighted by Gasteiger charge is -2.15. The molecule has 0 aliphatic carbocycles. The van der Waals surface area contributed by atoms with Gasteiger partial charge in [0.2, 0.25) is 0 Å². The first-order valence-electron chi connectivity index (χ1n) is 6.00. The van der Waals surface area contributed by atoms with Gasteiger partial charge >= 0.3 is 6.03 Å². The number of thioether (sulfide) groups is 1. The highest BCUT2D eigenvalue weighted by Gasteiger charge is 2.11. The molecule has 0 bridgehead atoms. The third-order valence-corrected chi connectivity index (χ3v) is 3.42. The first kappa shape index (κ1) is 15.8. The number of hydrogen-bond donors (Lipinski definition) is 3. The van der Waals surface area contributed by atoms with E-state index in [4.69, 9.17) is 0 Å². The van der Waals surface area contributed by atoms with Crippen molar-refractivity contribution in [1.82, 2.24) is 5.32 Å². The van der Waals surface area contributed by atoms with Gasteiger partial charge in [-0.15, -0.1) is 11.8 Å². The Balaban J connectivity index is 2.51. The van der Waals surface area contributed by atoms with Crippen LogP contribution in [0.3, 0.4) is 0 Å². The van der Waals surface area contributed by atoms with Crippen LogP contribution in [0.25, 0.3) is 0 Å². The number of nitrogens with one attached hydrogen (secondary N) is 2. The number of benzene rings is 1. The highest BCUT2D eigenvalue weighted by Crippen LogP contribution is 2.22. The summed E-state index contributed by atoms with van der Waals surface area (Å²) in [4.78, 5) is 12.1. The molecule has 0 heterocycles. The smallest absolute Gasteiger partial charge is 0.319 e. The third kappa shape index (κ3) is 5.08. The fraction of sp³-hybridized carbons (Fsp3) is 0.462. The van der Waals surface area contributed by atoms with Crippen LogP contribution in [0.5, 0.6) is 0 Å². The van der Waals surface area contributed by atoms with Gasteiger partial charge in [0, 0.05) is 17.1 Å². The zero-order valence-corrected chi connectivity index (χ0v) is 12.1. The van der Waals surface area contributed by atoms with Gasteiger partial charge < -0.3 is 15.7 Å². The van der Waals surface area contributed by atoms with E-state index in [1.807, 2.05) is 13.8 Å². The molecule has 2 amide bonds. The predicted octanol–water partition coefficient (Wildman–Crippen LogP) is 2.69. The highest BCUT2D eigenvalue weighted by molar-refractivity contribution is 7.98. The number of aliphatic hydroxyl groups is 1. The first-order valence-corrected chi connectivity index (χ1v) is 7.23. The molecule has 0 aromatic heterocycles. The third-order valence-electron chi connectivity index (χ3n) is 2.65. The number of anilines is 1. The van der Waals surface area contributed by atoms with Crippen LogP contribution in [0, 0.1) is 11.7 Å². The topological polar surface area (TPSA) is 61.4 Å². The van der Waals surface area contributed by atoms with E-state index < -0.39 is 12.1 Å². The molecule has 0 aliphatic rings. The second-order valence-corrected chi connectivity index (χ2v) is 5.34. The van der Waals surface area contributed by atoms with Crippen molar-refractivity contribution in [3.8, 4) is 0 Å². The number of rotatable bonds is 5. The summed E-state index contributed by atoms with van der Waals surface area (Å²) in [6.07, 6.45) is 1.19. The van der Waals surface area contributed by atoms with Crippen molar-refractivity contribution >= 4 is 23.5 Å². The van der Waals surface area contributed by atoms with Gasteiger partial charge in [-0.3, -0.25) is 0 Å². The van der Waals surface area contributed by atoms with Gasteiger partial charge in [-0.25, -0.2) is 9.18 Å². The Morgan fingerprint density at radius 3 is 2.68 bits per heavy atom. The molecule has 1 aromatic carbocycles. The first-order chi connectivity index (χ1) is 8.93. The fourth-order valence-electron chi connectivity index (χ4n) is 1.35. The van der Waals surface area contributed by atoms with Crippen molar-refractivity contribution in [3.63, 3.8) is 0 Å². The Hall–Kier alpha value is -1.27. The maximum absolute atomic E-state index is 13.5. The van der Waals surface area contributed by atoms with E-state index in [-0.39, 0.29) is 18.3 Å². The number of aliphatic hydroxyl groups excluding tert-OH is 1. The minimum absolute atomic E-state index is 0.0682. The monoisotopic (exact) mass is 286 g/mol. The molecule has 1 rings (SSSR count). The minimum atomic E-state index is -0.596. The second-order valence-electron chi connectivity index (χ2n) is 4.50. The van der Waals surface area contributed by atoms with Gasteiger partial charge in [0.05, 0.1) is 6.10 Å². The molecule has 1 aromatic rings. The summed E-state index contributed by atoms with van der Waals surface area (Å²) in [6, 6.07) is 4.05. The zero-order chi connectivity index (χ0) is 14.4. The van der Waals surface area contributed by atoms with E-state index in [2.05, 4.69) is 10.6 Å². The summed E-state index contributed by atoms with van der Waals surface area (Å²) in [7, 11) is 0. The normalized spacial score (nSPS) is 12.3. The van der Waals surface area contributed by atoms with Gasteiger partial charge in [0.25, 0.3) is 0 Å². The molecule has 6 heteroatoms. The number of carbonyl (C=O) groups is 1. The average molecular weight is 286 g/mol. The van der Waals surface area contributed by atoms with Crippen LogP contribution in [0.4, 0.5) is 14.9 Å². The SMILES string of the molecule is CSc1ccc(NC(=O)NC[C@H](O)C(C)C)cc1F. The molecule has 0 saturated heterocycles. The van der Waals surface area contributed by atoms with Crippen molar-refractivity contribution in [1.29, 1.82) is 0 Å². The quantitative estimate of drug-likeness (QED) is 0.729. The van der Waals surface area contributed by atoms with Crippen LogP contribution in [0.2, 0.25) is 0 Å². The molecule has 19 heavy (non-hydrogen) atoms. The number of carbonyl (C=O) groups excluding carboxylic acids is 1. The molecule has 0 saturated carbocycles. The predicted molar refractivity (Wildman–Crippen MR) is 76.0 cm³/mol. The summed E-state index contributed by atoms with van der Waals surface area (Å²) in [5, 5.41) is 14.6. The molecule has 3 N–H and O–H groups in total. The Morgan fingerprint density at radius 2 is 2.16 bits per heavy atom. The molecule has 0 fully saturated rings. The largest absolute Gasteiger partial charge is 0.391 e. The Morgan fingerprint density at radius 1 is 1.47 bits per heavy atom. The molecule has 0 aliphatic heterocycles. The molecular formula is C13H19FN2O2S. The van der Waals surface area contributed by atoms with Crippen molar-refractivity contribution in [2.45, 2.75) is 24.8 Å². The van der Waals surface area contributed by atoms with Gasteiger partial charge in [-0.05, 0) is 30.4 Å². The summed E-state index contributed by atoms with van der Waals surface area (Å²) in [5.74, 6) is -0.300. The van der Waals surface area contributed by atoms with E-state index in [0.717, 1.165) is 0 Å². The Labute approximate surface area is 116 Å². The lowest BCUT2D eigenvalue weighted by molar-refractivity contribution is 0.126. The maximum Gasteiger partial charge on any atom is 0.319 e. The van der Waals surface area contributed by atoms with Crippen LogP contribution in [0.15, 0.2) is 23.1 Å². The minimum Gasteiger partial charge on any atom is -0.391 e. The molecule has 0 spiro atoms. The van der Waals surface area contributed by atoms with Crippen molar-refractivity contribution in [3.05, 3.63) is 24.0 Å². The molecular weight excluding hydrogens is 267 g/mol. The number of urea groups is 1. The number of amides is 2. The van der Waals surface area contributed by atoms with Crippen LogP contribution < -0.4 is 10.6 Å². The summed E-state index contributed by atoms with van der Waals surface area (Å²) < 4.78 is 13.5. The Kier molecular flexibility index (Phi) is 6.11. The number of hydrogen-bond acceptors (Lipinski definition) is 3. The van der Waals surface area contributed by atoms with Gasteiger partial charge in [-0.1, -0.05) is 13.8 Å². The second kappa shape index (κ2) is 7.35. The van der Waals surface area contributed by atoms with Crippen LogP contribution in [0.1, 0.15) is 13.8 Å². The van der Waals surface area contributed by atoms with Crippen molar-refractivity contribution in [2.24, 2.45) is 5.92 Å². The van der Waals surface area contributed by atoms with E-state index >= 15 is 0 Å². The molecule has 0 radical (unpaired) electrons. The molecule has 106 valence electrons. The van der Waals surface area contributed by atoms with Crippen LogP contribution in [-0.4, -0.2) is 30.0 Å². The molecule has 4 nitrogen and oxygen atoms in total. The molecule has 1 atom stereocenters. The van der Waals surface area contributed by atoms with Crippen molar-refractivity contribution in [2.75, 3.05) is 18.1 Å². The standard InChI is InChI=1S/C13H19FN2O2S/c1-8(2)11(17)7-15-13(18)16-9-4-5-12(19-3)10(14)6-9/h4-6,8,11,17H,7H2,1-3H3,(H2,15,16,18)/t11-/m0/s1. The zero-order valence-electron chi connectivity index (χ0n) is 11.2. The van der Waals surface area contributed by atoms with Gasteiger partial charge in [0.15, 0.2) is 0 Å². The highest BCUT2D eigenvalue weighted by atomic mass is 32.2. The van der Waals surface area contributed by atoms with Crippen LogP contribution in [-0.2, 0) is 0 Å². The summed E-state index contributed by atoms with van der Waals surface area (Å²) in [6.45, 7) is 3.89. The van der Waals surface area contributed by atoms with E-state index in [1.165, 1.54) is 17.8 Å². The lowest BCUT2D eigenvalue weighted by Crippen LogP contribution is -2.37. The van der Waals surface area contributed by atoms with Crippen molar-refractivity contribution < 1.29 is 14.3 Å². The lowest BCUT2D eigenvalue weighted by atomic mass is 10.1. The Bertz CT molecular complexity index is 441. The van der Waals surface area contributed by atoms with Crippen LogP contribution >= 0.6 is 11.8 Å². The number of halogens is 1. The van der Waals surface area contributed by atoms with E-state index in [1.54, 1.807) is 18.4 Å². The molecule has 0 unspecified atom stereocenters. The summed E-state index contributed by atoms with van der Waals surface area (Å²) in [5.41, 5.74) is 0.381. The fourth-order valence-corrected chi connectivity index (χ4v) is 1.81. The van der Waals surface area contributed by atoms with Gasteiger partial charge in [-0.2, -0.15) is 0 Å². The van der Waals surface area contributed by atoms with E-state index in [0.29, 0.717) is 10.6 Å². The summed E-state index contributed by atoms with van der Waals surface area (Å²) >= 11 is 1.30. The average Bonchev–Trinajstić information content (AvgIpc) is 2.36. The van der Waals surface area contributed by atoms with E-state index in [9.17, 15) is 14.3 Å². The van der Waals surface area contributed by atoms with Gasteiger partial charge in [0.1, 0.15) is 5.82 Å². The maximum atomic E-state index is 13.5.